The lowest BCUT2D eigenvalue weighted by Gasteiger charge is -2.09. The van der Waals surface area contributed by atoms with E-state index in [4.69, 9.17) is 0 Å². The second-order valence-electron chi connectivity index (χ2n) is 3.85. The zero-order valence-corrected chi connectivity index (χ0v) is 8.55. The fraction of sp³-hybridized carbons (Fsp3) is 0.455. The van der Waals surface area contributed by atoms with E-state index >= 15 is 0 Å². The molecular weight excluding hydrogens is 219 g/mol. The van der Waals surface area contributed by atoms with Crippen molar-refractivity contribution in [2.45, 2.75) is 19.5 Å². The van der Waals surface area contributed by atoms with E-state index in [2.05, 4.69) is 10.1 Å². The third-order valence-corrected chi connectivity index (χ3v) is 2.44. The number of rotatable bonds is 5. The number of hydrogen-bond donors (Lipinski definition) is 1. The summed E-state index contributed by atoms with van der Waals surface area (Å²) >= 11 is 0. The number of nitrogens with one attached hydrogen (secondary N) is 1. The highest BCUT2D eigenvalue weighted by atomic mass is 19.3. The third-order valence-electron chi connectivity index (χ3n) is 2.44. The summed E-state index contributed by atoms with van der Waals surface area (Å²) < 4.78 is 41.0. The van der Waals surface area contributed by atoms with Crippen molar-refractivity contribution >= 4 is 5.69 Å². The fourth-order valence-electron chi connectivity index (χ4n) is 1.38. The number of halogens is 3. The minimum absolute atomic E-state index is 0.421. The smallest absolute Gasteiger partial charge is 0.387 e. The van der Waals surface area contributed by atoms with Crippen LogP contribution in [0.2, 0.25) is 0 Å². The summed E-state index contributed by atoms with van der Waals surface area (Å²) in [5, 5.41) is 3.06. The lowest BCUT2D eigenvalue weighted by Crippen LogP contribution is -2.06. The standard InChI is InChI=1S/C11H12F3NO/c12-9-4-3-8(15-6-7-1-2-7)5-10(9)16-11(13)14/h3-5,7,11,15H,1-2,6H2. The van der Waals surface area contributed by atoms with Gasteiger partial charge in [0.15, 0.2) is 11.6 Å². The molecule has 0 amide bonds. The molecule has 0 aromatic heterocycles. The van der Waals surface area contributed by atoms with E-state index in [0.717, 1.165) is 12.6 Å². The topological polar surface area (TPSA) is 21.3 Å². The van der Waals surface area contributed by atoms with Crippen molar-refractivity contribution in [3.05, 3.63) is 24.0 Å². The number of hydrogen-bond acceptors (Lipinski definition) is 2. The van der Waals surface area contributed by atoms with Crippen molar-refractivity contribution in [1.82, 2.24) is 0 Å². The van der Waals surface area contributed by atoms with Crippen molar-refractivity contribution in [3.8, 4) is 5.75 Å². The number of anilines is 1. The van der Waals surface area contributed by atoms with Gasteiger partial charge in [0, 0.05) is 18.3 Å². The Balaban J connectivity index is 2.01. The Morgan fingerprint density at radius 2 is 2.12 bits per heavy atom. The van der Waals surface area contributed by atoms with Crippen molar-refractivity contribution in [3.63, 3.8) is 0 Å². The molecule has 1 aliphatic carbocycles. The largest absolute Gasteiger partial charge is 0.432 e. The Kier molecular flexibility index (Phi) is 3.22. The molecule has 1 aromatic rings. The molecular formula is C11H12F3NO. The molecule has 5 heteroatoms. The van der Waals surface area contributed by atoms with Gasteiger partial charge < -0.3 is 10.1 Å². The summed E-state index contributed by atoms with van der Waals surface area (Å²) in [7, 11) is 0. The van der Waals surface area contributed by atoms with Crippen molar-refractivity contribution in [1.29, 1.82) is 0 Å². The van der Waals surface area contributed by atoms with Gasteiger partial charge in [-0.1, -0.05) is 0 Å². The molecule has 0 bridgehead atoms. The van der Waals surface area contributed by atoms with Crippen LogP contribution in [0.25, 0.3) is 0 Å². The normalized spacial score (nSPS) is 15.2. The van der Waals surface area contributed by atoms with Gasteiger partial charge in [0.05, 0.1) is 0 Å². The van der Waals surface area contributed by atoms with Gasteiger partial charge in [-0.25, -0.2) is 4.39 Å². The van der Waals surface area contributed by atoms with Crippen LogP contribution >= 0.6 is 0 Å². The van der Waals surface area contributed by atoms with Crippen LogP contribution in [0, 0.1) is 11.7 Å². The molecule has 0 heterocycles. The van der Waals surface area contributed by atoms with Gasteiger partial charge in [0.25, 0.3) is 0 Å². The lowest BCUT2D eigenvalue weighted by atomic mass is 10.2. The minimum atomic E-state index is -3.01. The summed E-state index contributed by atoms with van der Waals surface area (Å²) in [6, 6.07) is 3.88. The van der Waals surface area contributed by atoms with Gasteiger partial charge in [-0.05, 0) is 30.9 Å². The van der Waals surface area contributed by atoms with E-state index in [0.29, 0.717) is 11.6 Å². The van der Waals surface area contributed by atoms with Crippen LogP contribution in [0.4, 0.5) is 18.9 Å². The maximum Gasteiger partial charge on any atom is 0.387 e. The monoisotopic (exact) mass is 231 g/mol. The van der Waals surface area contributed by atoms with Crippen LogP contribution in [0.3, 0.4) is 0 Å². The predicted molar refractivity (Wildman–Crippen MR) is 54.2 cm³/mol. The first-order chi connectivity index (χ1) is 7.65. The van der Waals surface area contributed by atoms with Crippen LogP contribution < -0.4 is 10.1 Å². The van der Waals surface area contributed by atoms with Crippen molar-refractivity contribution in [2.24, 2.45) is 5.92 Å². The van der Waals surface area contributed by atoms with Crippen LogP contribution in [-0.2, 0) is 0 Å². The summed E-state index contributed by atoms with van der Waals surface area (Å²) in [6.45, 7) is -2.21. The SMILES string of the molecule is Fc1ccc(NCC2CC2)cc1OC(F)F. The number of alkyl halides is 2. The molecule has 0 unspecified atom stereocenters. The first-order valence-corrected chi connectivity index (χ1v) is 5.13. The van der Waals surface area contributed by atoms with Gasteiger partial charge in [-0.3, -0.25) is 0 Å². The number of ether oxygens (including phenoxy) is 1. The van der Waals surface area contributed by atoms with E-state index in [1.807, 2.05) is 0 Å². The highest BCUT2D eigenvalue weighted by molar-refractivity contribution is 5.49. The Morgan fingerprint density at radius 3 is 2.75 bits per heavy atom. The van der Waals surface area contributed by atoms with Crippen LogP contribution in [0.15, 0.2) is 18.2 Å². The average molecular weight is 231 g/mol. The quantitative estimate of drug-likeness (QED) is 0.839. The summed E-state index contributed by atoms with van der Waals surface area (Å²) in [5.41, 5.74) is 0.601. The molecule has 0 aliphatic heterocycles. The second kappa shape index (κ2) is 4.63. The average Bonchev–Trinajstić information content (AvgIpc) is 3.02. The van der Waals surface area contributed by atoms with Crippen LogP contribution in [0.1, 0.15) is 12.8 Å². The first kappa shape index (κ1) is 11.1. The molecule has 0 spiro atoms. The summed E-state index contributed by atoms with van der Waals surface area (Å²) in [4.78, 5) is 0. The van der Waals surface area contributed by atoms with Gasteiger partial charge in [0.2, 0.25) is 0 Å². The maximum absolute atomic E-state index is 13.1. The van der Waals surface area contributed by atoms with E-state index < -0.39 is 18.2 Å². The Morgan fingerprint density at radius 1 is 1.38 bits per heavy atom. The molecule has 0 radical (unpaired) electrons. The van der Waals surface area contributed by atoms with Crippen molar-refractivity contribution in [2.75, 3.05) is 11.9 Å². The Labute approximate surface area is 91.4 Å². The van der Waals surface area contributed by atoms with Crippen molar-refractivity contribution < 1.29 is 17.9 Å². The van der Waals surface area contributed by atoms with E-state index in [-0.39, 0.29) is 0 Å². The molecule has 1 fully saturated rings. The Bertz CT molecular complexity index is 366. The zero-order valence-electron chi connectivity index (χ0n) is 8.55. The minimum Gasteiger partial charge on any atom is -0.432 e. The molecule has 88 valence electrons. The van der Waals surface area contributed by atoms with Gasteiger partial charge >= 0.3 is 6.61 Å². The lowest BCUT2D eigenvalue weighted by molar-refractivity contribution is -0.0521. The van der Waals surface area contributed by atoms with Gasteiger partial charge in [-0.2, -0.15) is 8.78 Å². The molecule has 16 heavy (non-hydrogen) atoms. The van der Waals surface area contributed by atoms with Gasteiger partial charge in [0.1, 0.15) is 0 Å². The van der Waals surface area contributed by atoms with E-state index in [1.165, 1.54) is 25.0 Å². The van der Waals surface area contributed by atoms with Crippen LogP contribution in [-0.4, -0.2) is 13.2 Å². The summed E-state index contributed by atoms with van der Waals surface area (Å²) in [6.07, 6.45) is 2.38. The molecule has 1 aliphatic rings. The maximum atomic E-state index is 13.1. The predicted octanol–water partition coefficient (Wildman–Crippen LogP) is 3.25. The third kappa shape index (κ3) is 3.05. The van der Waals surface area contributed by atoms with Crippen LogP contribution in [0.5, 0.6) is 5.75 Å². The fourth-order valence-corrected chi connectivity index (χ4v) is 1.38. The van der Waals surface area contributed by atoms with E-state index in [1.54, 1.807) is 0 Å². The summed E-state index contributed by atoms with van der Waals surface area (Å²) in [5.74, 6) is -0.544. The number of benzene rings is 1. The molecule has 0 atom stereocenters. The molecule has 0 saturated heterocycles. The molecule has 1 N–H and O–H groups in total. The molecule has 1 aromatic carbocycles. The zero-order chi connectivity index (χ0) is 11.5. The molecule has 1 saturated carbocycles. The molecule has 2 nitrogen and oxygen atoms in total. The van der Waals surface area contributed by atoms with Gasteiger partial charge in [-0.15, -0.1) is 0 Å². The Hall–Kier alpha value is -1.39. The van der Waals surface area contributed by atoms with E-state index in [9.17, 15) is 13.2 Å². The molecule has 2 rings (SSSR count). The first-order valence-electron chi connectivity index (χ1n) is 5.13. The highest BCUT2D eigenvalue weighted by Gasteiger charge is 2.20. The second-order valence-corrected chi connectivity index (χ2v) is 3.85. The highest BCUT2D eigenvalue weighted by Crippen LogP contribution is 2.30.